The lowest BCUT2D eigenvalue weighted by molar-refractivity contribution is -0.384. The summed E-state index contributed by atoms with van der Waals surface area (Å²) < 4.78 is 5.11. The fourth-order valence-corrected chi connectivity index (χ4v) is 3.31. The number of benzene rings is 1. The van der Waals surface area contributed by atoms with E-state index in [0.29, 0.717) is 5.56 Å². The van der Waals surface area contributed by atoms with Crippen molar-refractivity contribution in [1.29, 1.82) is 0 Å². The third-order valence-electron chi connectivity index (χ3n) is 4.58. The number of Topliss-reactive ketones (excluding diaryl/α,β-unsaturated/α-hetero) is 1. The van der Waals surface area contributed by atoms with E-state index in [-0.39, 0.29) is 49.5 Å². The number of aliphatic hydroxyl groups excluding tert-OH is 1. The van der Waals surface area contributed by atoms with Crippen molar-refractivity contribution in [1.82, 2.24) is 4.90 Å². The maximum absolute atomic E-state index is 12.2. The maximum Gasteiger partial charge on any atom is 0.337 e. The first kappa shape index (κ1) is 17.0. The van der Waals surface area contributed by atoms with Crippen molar-refractivity contribution in [2.45, 2.75) is 31.5 Å². The molecule has 2 aliphatic rings. The van der Waals surface area contributed by atoms with Crippen LogP contribution >= 0.6 is 0 Å². The first-order valence-corrected chi connectivity index (χ1v) is 7.79. The molecule has 0 saturated carbocycles. The largest absolute Gasteiger partial charge is 0.459 e. The number of nitro benzene ring substituents is 1. The van der Waals surface area contributed by atoms with E-state index in [1.807, 2.05) is 0 Å². The van der Waals surface area contributed by atoms with Crippen LogP contribution in [0.25, 0.3) is 0 Å². The standard InChI is InChI=1S/C16H16N2O7/c19-6-5-11-12-7-13(20)14(17(12)15(11)21)16(22)25-8-9-1-3-10(4-2-9)18(23)24/h1-4,11-12,14,19H,5-8H2/t11-,12+,14+/m0/s1. The molecule has 2 heterocycles. The van der Waals surface area contributed by atoms with E-state index in [1.54, 1.807) is 0 Å². The Balaban J connectivity index is 1.61. The highest BCUT2D eigenvalue weighted by Crippen LogP contribution is 2.39. The van der Waals surface area contributed by atoms with Crippen molar-refractivity contribution >= 4 is 23.3 Å². The lowest BCUT2D eigenvalue weighted by Crippen LogP contribution is -2.62. The highest BCUT2D eigenvalue weighted by Gasteiger charge is 2.59. The molecule has 9 heteroatoms. The van der Waals surface area contributed by atoms with Crippen LogP contribution in [-0.2, 0) is 25.7 Å². The van der Waals surface area contributed by atoms with E-state index < -0.39 is 22.9 Å². The molecule has 1 aromatic rings. The highest BCUT2D eigenvalue weighted by molar-refractivity contribution is 6.11. The molecule has 0 aromatic heterocycles. The highest BCUT2D eigenvalue weighted by atomic mass is 16.6. The van der Waals surface area contributed by atoms with Crippen molar-refractivity contribution in [3.05, 3.63) is 39.9 Å². The number of fused-ring (bicyclic) bond motifs is 1. The van der Waals surface area contributed by atoms with Crippen molar-refractivity contribution < 1.29 is 29.2 Å². The van der Waals surface area contributed by atoms with Crippen LogP contribution in [0.4, 0.5) is 5.69 Å². The minimum absolute atomic E-state index is 0.0787. The number of rotatable bonds is 6. The Bertz CT molecular complexity index is 731. The summed E-state index contributed by atoms with van der Waals surface area (Å²) >= 11 is 0. The van der Waals surface area contributed by atoms with Gasteiger partial charge in [-0.15, -0.1) is 0 Å². The number of hydrogen-bond acceptors (Lipinski definition) is 7. The third kappa shape index (κ3) is 2.98. The van der Waals surface area contributed by atoms with Crippen LogP contribution in [0.5, 0.6) is 0 Å². The maximum atomic E-state index is 12.2. The second-order valence-electron chi connectivity index (χ2n) is 6.04. The summed E-state index contributed by atoms with van der Waals surface area (Å²) in [7, 11) is 0. The predicted molar refractivity (Wildman–Crippen MR) is 82.1 cm³/mol. The average molecular weight is 348 g/mol. The minimum atomic E-state index is -1.23. The summed E-state index contributed by atoms with van der Waals surface area (Å²) in [6.45, 7) is -0.294. The lowest BCUT2D eigenvalue weighted by Gasteiger charge is -2.43. The van der Waals surface area contributed by atoms with E-state index >= 15 is 0 Å². The summed E-state index contributed by atoms with van der Waals surface area (Å²) in [5.74, 6) is -1.90. The number of carbonyl (C=O) groups is 3. The molecule has 1 amide bonds. The van der Waals surface area contributed by atoms with Crippen LogP contribution in [0.15, 0.2) is 24.3 Å². The zero-order valence-electron chi connectivity index (χ0n) is 13.2. The fourth-order valence-electron chi connectivity index (χ4n) is 3.31. The monoisotopic (exact) mass is 348 g/mol. The number of esters is 1. The Kier molecular flexibility index (Phi) is 4.49. The summed E-state index contributed by atoms with van der Waals surface area (Å²) in [6.07, 6.45) is 0.367. The molecule has 0 spiro atoms. The van der Waals surface area contributed by atoms with E-state index in [1.165, 1.54) is 29.2 Å². The SMILES string of the molecule is O=C1C[C@@H]2[C@H](CCO)C(=O)N2[C@H]1C(=O)OCc1ccc([N+](=O)[O-])cc1. The molecule has 0 radical (unpaired) electrons. The van der Waals surface area contributed by atoms with Gasteiger partial charge in [-0.3, -0.25) is 19.7 Å². The number of β-lactam (4-membered cyclic amide) rings is 1. The van der Waals surface area contributed by atoms with Crippen molar-refractivity contribution in [2.24, 2.45) is 5.92 Å². The zero-order chi connectivity index (χ0) is 18.1. The Morgan fingerprint density at radius 3 is 2.60 bits per heavy atom. The van der Waals surface area contributed by atoms with E-state index in [4.69, 9.17) is 9.84 Å². The van der Waals surface area contributed by atoms with Gasteiger partial charge in [0, 0.05) is 25.2 Å². The number of hydrogen-bond donors (Lipinski definition) is 1. The van der Waals surface area contributed by atoms with Crippen molar-refractivity contribution in [3.63, 3.8) is 0 Å². The molecule has 1 N–H and O–H groups in total. The Hall–Kier alpha value is -2.81. The summed E-state index contributed by atoms with van der Waals surface area (Å²) in [4.78, 5) is 47.6. The van der Waals surface area contributed by atoms with Crippen LogP contribution < -0.4 is 0 Å². The van der Waals surface area contributed by atoms with Gasteiger partial charge < -0.3 is 14.7 Å². The first-order chi connectivity index (χ1) is 11.9. The van der Waals surface area contributed by atoms with Gasteiger partial charge in [0.15, 0.2) is 11.8 Å². The topological polar surface area (TPSA) is 127 Å². The van der Waals surface area contributed by atoms with E-state index in [9.17, 15) is 24.5 Å². The van der Waals surface area contributed by atoms with Gasteiger partial charge in [0.2, 0.25) is 5.91 Å². The van der Waals surface area contributed by atoms with Gasteiger partial charge in [0.05, 0.1) is 16.9 Å². The lowest BCUT2D eigenvalue weighted by atomic mass is 9.85. The molecule has 1 aromatic carbocycles. The Morgan fingerprint density at radius 2 is 2.00 bits per heavy atom. The van der Waals surface area contributed by atoms with Crippen molar-refractivity contribution in [3.8, 4) is 0 Å². The molecule has 2 fully saturated rings. The second-order valence-corrected chi connectivity index (χ2v) is 6.04. The van der Waals surface area contributed by atoms with Gasteiger partial charge in [-0.2, -0.15) is 0 Å². The third-order valence-corrected chi connectivity index (χ3v) is 4.58. The number of nitrogens with zero attached hydrogens (tertiary/aromatic N) is 2. The molecule has 0 unspecified atom stereocenters. The van der Waals surface area contributed by atoms with Crippen LogP contribution in [-0.4, -0.2) is 51.3 Å². The molecular weight excluding hydrogens is 332 g/mol. The predicted octanol–water partition coefficient (Wildman–Crippen LogP) is 0.189. The van der Waals surface area contributed by atoms with Gasteiger partial charge >= 0.3 is 5.97 Å². The molecule has 0 aliphatic carbocycles. The summed E-state index contributed by atoms with van der Waals surface area (Å²) in [5, 5.41) is 19.6. The molecule has 2 aliphatic heterocycles. The number of aliphatic hydroxyl groups is 1. The number of amides is 1. The minimum Gasteiger partial charge on any atom is -0.459 e. The molecular formula is C16H16N2O7. The smallest absolute Gasteiger partial charge is 0.337 e. The Morgan fingerprint density at radius 1 is 1.32 bits per heavy atom. The Labute approximate surface area is 142 Å². The first-order valence-electron chi connectivity index (χ1n) is 7.79. The number of ether oxygens (including phenoxy) is 1. The number of carbonyl (C=O) groups excluding carboxylic acids is 3. The normalized spacial score (nSPS) is 24.7. The molecule has 132 valence electrons. The number of ketones is 1. The average Bonchev–Trinajstić information content (AvgIpc) is 2.91. The van der Waals surface area contributed by atoms with Gasteiger partial charge in [0.1, 0.15) is 6.61 Å². The van der Waals surface area contributed by atoms with Gasteiger partial charge in [-0.05, 0) is 24.1 Å². The molecule has 9 nitrogen and oxygen atoms in total. The fraction of sp³-hybridized carbons (Fsp3) is 0.438. The van der Waals surface area contributed by atoms with Crippen LogP contribution in [0.2, 0.25) is 0 Å². The van der Waals surface area contributed by atoms with Crippen LogP contribution in [0.3, 0.4) is 0 Å². The van der Waals surface area contributed by atoms with Gasteiger partial charge in [-0.25, -0.2) is 4.79 Å². The zero-order valence-corrected chi connectivity index (χ0v) is 13.2. The summed E-state index contributed by atoms with van der Waals surface area (Å²) in [6, 6.07) is 3.92. The van der Waals surface area contributed by atoms with Crippen molar-refractivity contribution in [2.75, 3.05) is 6.61 Å². The molecule has 0 bridgehead atoms. The summed E-state index contributed by atoms with van der Waals surface area (Å²) in [5.41, 5.74) is 0.457. The molecule has 2 saturated heterocycles. The second kappa shape index (κ2) is 6.60. The number of nitro groups is 1. The molecule has 3 rings (SSSR count). The van der Waals surface area contributed by atoms with Crippen LogP contribution in [0.1, 0.15) is 18.4 Å². The molecule has 25 heavy (non-hydrogen) atoms. The van der Waals surface area contributed by atoms with E-state index in [2.05, 4.69) is 0 Å². The van der Waals surface area contributed by atoms with E-state index in [0.717, 1.165) is 0 Å². The molecule has 3 atom stereocenters. The van der Waals surface area contributed by atoms with Crippen LogP contribution in [0, 0.1) is 16.0 Å². The van der Waals surface area contributed by atoms with Gasteiger partial charge in [0.25, 0.3) is 5.69 Å². The van der Waals surface area contributed by atoms with Gasteiger partial charge in [-0.1, -0.05) is 0 Å². The number of non-ortho nitro benzene ring substituents is 1. The quantitative estimate of drug-likeness (QED) is 0.255.